The van der Waals surface area contributed by atoms with Crippen LogP contribution < -0.4 is 5.32 Å². The molecular formula is C12H22N4O. The molecule has 1 atom stereocenters. The van der Waals surface area contributed by atoms with Crippen molar-refractivity contribution in [1.29, 1.82) is 0 Å². The standard InChI is InChI=1S/C12H22N4O/c1-4-5-12(6-7-13-9-12)11-14-10(15-17-11)8-16(2)3/h13H,4-9H2,1-3H3. The summed E-state index contributed by atoms with van der Waals surface area (Å²) in [5.41, 5.74) is 0.0757. The summed E-state index contributed by atoms with van der Waals surface area (Å²) in [4.78, 5) is 6.61. The van der Waals surface area contributed by atoms with Gasteiger partial charge in [-0.15, -0.1) is 0 Å². The maximum absolute atomic E-state index is 5.48. The van der Waals surface area contributed by atoms with Gasteiger partial charge in [0.1, 0.15) is 0 Å². The van der Waals surface area contributed by atoms with Crippen molar-refractivity contribution in [3.63, 3.8) is 0 Å². The fourth-order valence-electron chi connectivity index (χ4n) is 2.54. The molecule has 1 N–H and O–H groups in total. The van der Waals surface area contributed by atoms with Crippen molar-refractivity contribution in [2.75, 3.05) is 27.2 Å². The minimum absolute atomic E-state index is 0.0757. The van der Waals surface area contributed by atoms with E-state index in [-0.39, 0.29) is 5.41 Å². The van der Waals surface area contributed by atoms with Crippen LogP contribution in [0, 0.1) is 0 Å². The number of hydrogen-bond donors (Lipinski definition) is 1. The Morgan fingerprint density at radius 2 is 2.29 bits per heavy atom. The highest BCUT2D eigenvalue weighted by molar-refractivity contribution is 5.10. The predicted octanol–water partition coefficient (Wildman–Crippen LogP) is 1.16. The number of nitrogens with one attached hydrogen (secondary N) is 1. The molecule has 1 aliphatic rings. The van der Waals surface area contributed by atoms with Crippen LogP contribution in [0.1, 0.15) is 37.9 Å². The van der Waals surface area contributed by atoms with Gasteiger partial charge < -0.3 is 14.7 Å². The lowest BCUT2D eigenvalue weighted by Crippen LogP contribution is -2.29. The third-order valence-electron chi connectivity index (χ3n) is 3.35. The summed E-state index contributed by atoms with van der Waals surface area (Å²) < 4.78 is 5.48. The second-order valence-corrected chi connectivity index (χ2v) is 5.21. The lowest BCUT2D eigenvalue weighted by Gasteiger charge is -2.22. The van der Waals surface area contributed by atoms with Crippen molar-refractivity contribution < 1.29 is 4.52 Å². The minimum Gasteiger partial charge on any atom is -0.339 e. The molecule has 0 spiro atoms. The van der Waals surface area contributed by atoms with Crippen molar-refractivity contribution in [1.82, 2.24) is 20.4 Å². The van der Waals surface area contributed by atoms with Crippen molar-refractivity contribution in [2.24, 2.45) is 0 Å². The Morgan fingerprint density at radius 3 is 2.88 bits per heavy atom. The SMILES string of the molecule is CCCC1(c2nc(CN(C)C)no2)CCNC1. The molecule has 2 heterocycles. The first-order valence-electron chi connectivity index (χ1n) is 6.35. The topological polar surface area (TPSA) is 54.2 Å². The molecule has 5 nitrogen and oxygen atoms in total. The molecule has 0 bridgehead atoms. The molecule has 1 aliphatic heterocycles. The molecule has 5 heteroatoms. The maximum atomic E-state index is 5.48. The largest absolute Gasteiger partial charge is 0.339 e. The molecule has 0 radical (unpaired) electrons. The van der Waals surface area contributed by atoms with E-state index in [0.717, 1.165) is 50.6 Å². The number of nitrogens with zero attached hydrogens (tertiary/aromatic N) is 3. The van der Waals surface area contributed by atoms with E-state index in [0.29, 0.717) is 0 Å². The predicted molar refractivity (Wildman–Crippen MR) is 65.8 cm³/mol. The molecule has 1 aromatic heterocycles. The highest BCUT2D eigenvalue weighted by Gasteiger charge is 2.39. The molecule has 0 amide bonds. The second-order valence-electron chi connectivity index (χ2n) is 5.21. The Labute approximate surface area is 103 Å². The van der Waals surface area contributed by atoms with E-state index in [1.807, 2.05) is 19.0 Å². The fraction of sp³-hybridized carbons (Fsp3) is 0.833. The molecule has 1 unspecified atom stereocenters. The molecule has 2 rings (SSSR count). The molecule has 1 aromatic rings. The van der Waals surface area contributed by atoms with Crippen LogP contribution in [0.4, 0.5) is 0 Å². The first-order chi connectivity index (χ1) is 8.16. The van der Waals surface area contributed by atoms with Crippen molar-refractivity contribution in [3.05, 3.63) is 11.7 Å². The summed E-state index contributed by atoms with van der Waals surface area (Å²) in [6, 6.07) is 0. The zero-order chi connectivity index (χ0) is 12.3. The molecule has 0 saturated carbocycles. The number of rotatable bonds is 5. The van der Waals surface area contributed by atoms with Gasteiger partial charge in [0.25, 0.3) is 0 Å². The molecule has 1 saturated heterocycles. The summed E-state index contributed by atoms with van der Waals surface area (Å²) >= 11 is 0. The van der Waals surface area contributed by atoms with Crippen LogP contribution in [0.15, 0.2) is 4.52 Å². The van der Waals surface area contributed by atoms with E-state index in [2.05, 4.69) is 22.4 Å². The summed E-state index contributed by atoms with van der Waals surface area (Å²) in [5.74, 6) is 1.61. The normalized spacial score (nSPS) is 24.7. The van der Waals surface area contributed by atoms with Crippen LogP contribution in [0.5, 0.6) is 0 Å². The quantitative estimate of drug-likeness (QED) is 0.834. The van der Waals surface area contributed by atoms with Crippen LogP contribution in [0.3, 0.4) is 0 Å². The lowest BCUT2D eigenvalue weighted by molar-refractivity contribution is 0.274. The molecule has 0 aromatic carbocycles. The highest BCUT2D eigenvalue weighted by Crippen LogP contribution is 2.34. The van der Waals surface area contributed by atoms with Gasteiger partial charge in [-0.25, -0.2) is 0 Å². The van der Waals surface area contributed by atoms with Gasteiger partial charge >= 0.3 is 0 Å². The maximum Gasteiger partial charge on any atom is 0.234 e. The average molecular weight is 238 g/mol. The third-order valence-corrected chi connectivity index (χ3v) is 3.35. The Balaban J connectivity index is 2.16. The Bertz CT molecular complexity index is 355. The zero-order valence-electron chi connectivity index (χ0n) is 11.0. The van der Waals surface area contributed by atoms with Gasteiger partial charge in [0.2, 0.25) is 5.89 Å². The van der Waals surface area contributed by atoms with E-state index < -0.39 is 0 Å². The van der Waals surface area contributed by atoms with E-state index in [1.165, 1.54) is 0 Å². The second kappa shape index (κ2) is 5.14. The Morgan fingerprint density at radius 1 is 1.47 bits per heavy atom. The average Bonchev–Trinajstić information content (AvgIpc) is 2.87. The first kappa shape index (κ1) is 12.5. The van der Waals surface area contributed by atoms with Gasteiger partial charge in [-0.1, -0.05) is 18.5 Å². The van der Waals surface area contributed by atoms with Crippen molar-refractivity contribution in [3.8, 4) is 0 Å². The summed E-state index contributed by atoms with van der Waals surface area (Å²) in [5, 5.41) is 7.48. The zero-order valence-corrected chi connectivity index (χ0v) is 11.0. The monoisotopic (exact) mass is 238 g/mol. The van der Waals surface area contributed by atoms with E-state index in [1.54, 1.807) is 0 Å². The van der Waals surface area contributed by atoms with Gasteiger partial charge in [-0.05, 0) is 33.5 Å². The smallest absolute Gasteiger partial charge is 0.234 e. The third kappa shape index (κ3) is 2.66. The van der Waals surface area contributed by atoms with E-state index in [4.69, 9.17) is 4.52 Å². The minimum atomic E-state index is 0.0757. The van der Waals surface area contributed by atoms with Crippen LogP contribution in [-0.4, -0.2) is 42.2 Å². The van der Waals surface area contributed by atoms with Gasteiger partial charge in [-0.2, -0.15) is 4.98 Å². The summed E-state index contributed by atoms with van der Waals surface area (Å²) in [6.45, 7) is 4.95. The fourth-order valence-corrected chi connectivity index (χ4v) is 2.54. The molecule has 17 heavy (non-hydrogen) atoms. The van der Waals surface area contributed by atoms with Gasteiger partial charge in [0.15, 0.2) is 5.82 Å². The van der Waals surface area contributed by atoms with Crippen LogP contribution in [-0.2, 0) is 12.0 Å². The lowest BCUT2D eigenvalue weighted by atomic mass is 9.82. The highest BCUT2D eigenvalue weighted by atomic mass is 16.5. The molecule has 0 aliphatic carbocycles. The van der Waals surface area contributed by atoms with Crippen LogP contribution in [0.2, 0.25) is 0 Å². The Kier molecular flexibility index (Phi) is 3.79. The van der Waals surface area contributed by atoms with Crippen LogP contribution in [0.25, 0.3) is 0 Å². The molecular weight excluding hydrogens is 216 g/mol. The van der Waals surface area contributed by atoms with Gasteiger partial charge in [0.05, 0.1) is 12.0 Å². The molecule has 1 fully saturated rings. The van der Waals surface area contributed by atoms with Gasteiger partial charge in [-0.3, -0.25) is 0 Å². The van der Waals surface area contributed by atoms with E-state index in [9.17, 15) is 0 Å². The number of aromatic nitrogens is 2. The van der Waals surface area contributed by atoms with Gasteiger partial charge in [0, 0.05) is 6.54 Å². The summed E-state index contributed by atoms with van der Waals surface area (Å²) in [6.07, 6.45) is 3.36. The Hall–Kier alpha value is -0.940. The number of hydrogen-bond acceptors (Lipinski definition) is 5. The summed E-state index contributed by atoms with van der Waals surface area (Å²) in [7, 11) is 4.02. The van der Waals surface area contributed by atoms with Crippen molar-refractivity contribution >= 4 is 0 Å². The van der Waals surface area contributed by atoms with Crippen molar-refractivity contribution in [2.45, 2.75) is 38.1 Å². The first-order valence-corrected chi connectivity index (χ1v) is 6.35. The van der Waals surface area contributed by atoms with E-state index >= 15 is 0 Å². The van der Waals surface area contributed by atoms with Crippen LogP contribution >= 0.6 is 0 Å². The molecule has 96 valence electrons.